The number of primary amides is 2. The van der Waals surface area contributed by atoms with E-state index in [0.29, 0.717) is 30.7 Å². The number of ether oxygens (including phenoxy) is 1. The third-order valence-corrected chi connectivity index (χ3v) is 7.24. The highest BCUT2D eigenvalue weighted by Crippen LogP contribution is 2.47. The van der Waals surface area contributed by atoms with Gasteiger partial charge in [-0.2, -0.15) is 0 Å². The maximum absolute atomic E-state index is 13.6. The van der Waals surface area contributed by atoms with Gasteiger partial charge in [-0.3, -0.25) is 19.2 Å². The second-order valence-electron chi connectivity index (χ2n) is 8.78. The van der Waals surface area contributed by atoms with Crippen LogP contribution < -0.4 is 21.5 Å². The van der Waals surface area contributed by atoms with E-state index >= 15 is 0 Å². The minimum absolute atomic E-state index is 0.0604. The van der Waals surface area contributed by atoms with Crippen LogP contribution in [0.1, 0.15) is 36.7 Å². The summed E-state index contributed by atoms with van der Waals surface area (Å²) in [5.74, 6) is -3.47. The second-order valence-corrected chi connectivity index (χ2v) is 8.78. The zero-order chi connectivity index (χ0) is 23.9. The monoisotopic (exact) mass is 455 g/mol. The number of H-pyrrole nitrogens is 1. The van der Waals surface area contributed by atoms with Crippen molar-refractivity contribution in [1.82, 2.24) is 15.2 Å². The van der Waals surface area contributed by atoms with Gasteiger partial charge in [0.2, 0.25) is 17.7 Å². The second kappa shape index (κ2) is 8.42. The van der Waals surface area contributed by atoms with E-state index in [-0.39, 0.29) is 30.5 Å². The molecule has 6 N–H and O–H groups in total. The molecule has 2 saturated heterocycles. The van der Waals surface area contributed by atoms with Gasteiger partial charge in [0.1, 0.15) is 17.0 Å². The molecule has 4 atom stereocenters. The number of carbonyl (C=O) groups is 4. The average molecular weight is 456 g/mol. The molecule has 0 spiro atoms. The van der Waals surface area contributed by atoms with E-state index in [1.54, 1.807) is 25.3 Å². The average Bonchev–Trinajstić information content (AvgIpc) is 3.38. The van der Waals surface area contributed by atoms with E-state index in [1.165, 1.54) is 4.90 Å². The van der Waals surface area contributed by atoms with Crippen LogP contribution in [0.2, 0.25) is 0 Å². The largest absolute Gasteiger partial charge is 0.496 e. The maximum atomic E-state index is 13.6. The topological polar surface area (TPSA) is 161 Å². The molecule has 1 aromatic heterocycles. The van der Waals surface area contributed by atoms with Gasteiger partial charge in [-0.1, -0.05) is 13.0 Å². The van der Waals surface area contributed by atoms with Crippen LogP contribution in [-0.4, -0.2) is 59.3 Å². The molecule has 4 rings (SSSR count). The van der Waals surface area contributed by atoms with Crippen molar-refractivity contribution in [3.63, 3.8) is 0 Å². The van der Waals surface area contributed by atoms with E-state index in [9.17, 15) is 19.2 Å². The highest BCUT2D eigenvalue weighted by Gasteiger charge is 2.65. The number of hydrogen-bond acceptors (Lipinski definition) is 5. The number of amides is 4. The molecule has 0 radical (unpaired) electrons. The van der Waals surface area contributed by atoms with Crippen molar-refractivity contribution in [3.8, 4) is 5.75 Å². The third-order valence-electron chi connectivity index (χ3n) is 7.24. The molecule has 2 aliphatic heterocycles. The Kier molecular flexibility index (Phi) is 5.77. The van der Waals surface area contributed by atoms with Gasteiger partial charge < -0.3 is 31.4 Å². The molecule has 1 aromatic carbocycles. The SMILES string of the molecule is CCC1CN(C(=O)c2cc3c(OC)cccc3[nH]2)C1(C(N)=O)[C@H](C[C@H]1CCNC1=O)C(N)=O. The maximum Gasteiger partial charge on any atom is 0.271 e. The molecule has 176 valence electrons. The van der Waals surface area contributed by atoms with E-state index in [4.69, 9.17) is 16.2 Å². The van der Waals surface area contributed by atoms with Gasteiger partial charge in [-0.25, -0.2) is 0 Å². The van der Waals surface area contributed by atoms with Gasteiger partial charge in [0.25, 0.3) is 5.91 Å². The number of methoxy groups -OCH3 is 1. The molecular formula is C23H29N5O5. The number of aromatic nitrogens is 1. The molecule has 0 saturated carbocycles. The van der Waals surface area contributed by atoms with Crippen molar-refractivity contribution in [1.29, 1.82) is 0 Å². The summed E-state index contributed by atoms with van der Waals surface area (Å²) in [4.78, 5) is 55.9. The Labute approximate surface area is 191 Å². The fourth-order valence-electron chi connectivity index (χ4n) is 5.52. The first-order valence-corrected chi connectivity index (χ1v) is 11.1. The van der Waals surface area contributed by atoms with Crippen LogP contribution in [0.15, 0.2) is 24.3 Å². The van der Waals surface area contributed by atoms with E-state index in [0.717, 1.165) is 5.39 Å². The Hall–Kier alpha value is -3.56. The zero-order valence-corrected chi connectivity index (χ0v) is 18.7. The predicted molar refractivity (Wildman–Crippen MR) is 120 cm³/mol. The lowest BCUT2D eigenvalue weighted by atomic mass is 9.61. The van der Waals surface area contributed by atoms with Crippen LogP contribution in [-0.2, 0) is 14.4 Å². The number of rotatable bonds is 8. The Morgan fingerprint density at radius 2 is 2.06 bits per heavy atom. The van der Waals surface area contributed by atoms with Gasteiger partial charge >= 0.3 is 0 Å². The van der Waals surface area contributed by atoms with Crippen molar-refractivity contribution in [2.75, 3.05) is 20.2 Å². The summed E-state index contributed by atoms with van der Waals surface area (Å²) in [5.41, 5.74) is 11.0. The minimum atomic E-state index is -1.60. The molecule has 2 fully saturated rings. The van der Waals surface area contributed by atoms with Crippen molar-refractivity contribution in [3.05, 3.63) is 30.0 Å². The number of carbonyl (C=O) groups excluding carboxylic acids is 4. The Bertz CT molecular complexity index is 1130. The van der Waals surface area contributed by atoms with E-state index in [2.05, 4.69) is 10.3 Å². The number of hydrogen-bond donors (Lipinski definition) is 4. The molecule has 0 bridgehead atoms. The molecule has 33 heavy (non-hydrogen) atoms. The van der Waals surface area contributed by atoms with Crippen molar-refractivity contribution in [2.45, 2.75) is 31.7 Å². The number of nitrogens with one attached hydrogen (secondary N) is 2. The van der Waals surface area contributed by atoms with Crippen LogP contribution in [0.5, 0.6) is 5.75 Å². The summed E-state index contributed by atoms with van der Waals surface area (Å²) in [6, 6.07) is 7.05. The summed E-state index contributed by atoms with van der Waals surface area (Å²) in [6.45, 7) is 2.62. The Morgan fingerprint density at radius 3 is 2.64 bits per heavy atom. The molecule has 0 aliphatic carbocycles. The van der Waals surface area contributed by atoms with Crippen LogP contribution in [0.3, 0.4) is 0 Å². The van der Waals surface area contributed by atoms with Crippen molar-refractivity contribution >= 4 is 34.5 Å². The molecule has 10 nitrogen and oxygen atoms in total. The van der Waals surface area contributed by atoms with E-state index < -0.39 is 35.1 Å². The Morgan fingerprint density at radius 1 is 1.30 bits per heavy atom. The highest BCUT2D eigenvalue weighted by atomic mass is 16.5. The molecule has 10 heteroatoms. The number of likely N-dealkylation sites (tertiary alicyclic amines) is 1. The van der Waals surface area contributed by atoms with Gasteiger partial charge in [0.05, 0.1) is 13.0 Å². The van der Waals surface area contributed by atoms with Crippen LogP contribution in [0.4, 0.5) is 0 Å². The van der Waals surface area contributed by atoms with Gasteiger partial charge in [-0.15, -0.1) is 0 Å². The number of fused-ring (bicyclic) bond motifs is 1. The highest BCUT2D eigenvalue weighted by molar-refractivity contribution is 6.05. The molecule has 2 aliphatic rings. The summed E-state index contributed by atoms with van der Waals surface area (Å²) < 4.78 is 5.37. The Balaban J connectivity index is 1.75. The lowest BCUT2D eigenvalue weighted by Gasteiger charge is -2.59. The first-order valence-electron chi connectivity index (χ1n) is 11.1. The van der Waals surface area contributed by atoms with E-state index in [1.807, 2.05) is 13.0 Å². The summed E-state index contributed by atoms with van der Waals surface area (Å²) in [5, 5.41) is 3.45. The zero-order valence-electron chi connectivity index (χ0n) is 18.7. The molecule has 2 aromatic rings. The smallest absolute Gasteiger partial charge is 0.271 e. The first kappa shape index (κ1) is 22.6. The van der Waals surface area contributed by atoms with Gasteiger partial charge in [-0.05, 0) is 37.5 Å². The fraction of sp³-hybridized carbons (Fsp3) is 0.478. The summed E-state index contributed by atoms with van der Waals surface area (Å²) in [6.07, 6.45) is 1.11. The van der Waals surface area contributed by atoms with Gasteiger partial charge in [0.15, 0.2) is 0 Å². The summed E-state index contributed by atoms with van der Waals surface area (Å²) in [7, 11) is 1.54. The standard InChI is InChI=1S/C23H29N5O5/c1-3-13-11-28(21(31)17-10-14-16(27-17)5-4-6-18(14)33-2)23(13,22(25)32)15(19(24)29)9-12-7-8-26-20(12)30/h4-6,10,12-13,15,27H,3,7-9,11H2,1-2H3,(H2,24,29)(H2,25,32)(H,26,30)/t12-,13?,15-,23?/m1/s1. The first-order chi connectivity index (χ1) is 15.7. The number of nitrogens with zero attached hydrogens (tertiary/aromatic N) is 1. The van der Waals surface area contributed by atoms with Crippen LogP contribution >= 0.6 is 0 Å². The summed E-state index contributed by atoms with van der Waals surface area (Å²) >= 11 is 0. The van der Waals surface area contributed by atoms with Gasteiger partial charge in [0, 0.05) is 35.8 Å². The molecule has 3 heterocycles. The number of nitrogens with two attached hydrogens (primary N) is 2. The fourth-order valence-corrected chi connectivity index (χ4v) is 5.52. The number of benzene rings is 1. The van der Waals surface area contributed by atoms with Crippen molar-refractivity contribution < 1.29 is 23.9 Å². The number of aromatic amines is 1. The molecular weight excluding hydrogens is 426 g/mol. The van der Waals surface area contributed by atoms with Crippen LogP contribution in [0.25, 0.3) is 10.9 Å². The lowest BCUT2D eigenvalue weighted by Crippen LogP contribution is -2.78. The minimum Gasteiger partial charge on any atom is -0.496 e. The lowest BCUT2D eigenvalue weighted by molar-refractivity contribution is -0.162. The van der Waals surface area contributed by atoms with Crippen molar-refractivity contribution in [2.24, 2.45) is 29.2 Å². The quantitative estimate of drug-likeness (QED) is 0.455. The molecule has 2 unspecified atom stereocenters. The van der Waals surface area contributed by atoms with Crippen LogP contribution in [0, 0.1) is 17.8 Å². The normalized spacial score (nSPS) is 25.4. The molecule has 4 amide bonds. The predicted octanol–water partition coefficient (Wildman–Crippen LogP) is 0.510. The third kappa shape index (κ3) is 3.40.